The van der Waals surface area contributed by atoms with Crippen LogP contribution >= 0.6 is 15.9 Å². The summed E-state index contributed by atoms with van der Waals surface area (Å²) in [5, 5.41) is 0. The molecule has 3 aromatic rings. The number of hydrogen-bond acceptors (Lipinski definition) is 5. The zero-order valence-electron chi connectivity index (χ0n) is 13.5. The van der Waals surface area contributed by atoms with Crippen molar-refractivity contribution in [2.45, 2.75) is 20.0 Å². The zero-order valence-corrected chi connectivity index (χ0v) is 15.0. The number of imidazole rings is 1. The van der Waals surface area contributed by atoms with E-state index in [4.69, 9.17) is 9.47 Å². The third-order valence-corrected chi connectivity index (χ3v) is 4.07. The fourth-order valence-electron chi connectivity index (χ4n) is 2.32. The van der Waals surface area contributed by atoms with Crippen LogP contribution in [-0.2, 0) is 4.74 Å². The van der Waals surface area contributed by atoms with Crippen LogP contribution < -0.4 is 4.74 Å². The van der Waals surface area contributed by atoms with E-state index in [1.165, 1.54) is 0 Å². The van der Waals surface area contributed by atoms with E-state index in [0.717, 1.165) is 15.6 Å². The lowest BCUT2D eigenvalue weighted by Crippen LogP contribution is -2.10. The maximum atomic E-state index is 12.3. The molecule has 1 N–H and O–H groups in total. The molecule has 0 radical (unpaired) electrons. The number of halogens is 1. The first kappa shape index (κ1) is 16.4. The van der Waals surface area contributed by atoms with Crippen molar-refractivity contribution in [3.8, 4) is 5.75 Å². The van der Waals surface area contributed by atoms with Crippen LogP contribution in [0.5, 0.6) is 5.75 Å². The molecule has 124 valence electrons. The second-order valence-corrected chi connectivity index (χ2v) is 6.29. The average molecular weight is 390 g/mol. The van der Waals surface area contributed by atoms with Crippen LogP contribution in [0.4, 0.5) is 0 Å². The molecule has 0 aliphatic heterocycles. The molecule has 0 saturated heterocycles. The number of benzene rings is 1. The Hall–Kier alpha value is -2.41. The Kier molecular flexibility index (Phi) is 4.53. The quantitative estimate of drug-likeness (QED) is 0.683. The van der Waals surface area contributed by atoms with E-state index in [1.54, 1.807) is 32.4 Å². The molecule has 7 heteroatoms. The standard InChI is InChI=1S/C17H16BrN3O3/c1-9-4-5-11(6-14(9)23-3)17(22)24-10(2)15-20-13-7-12(18)8-19-16(13)21-15/h4-8,10H,1-3H3,(H,19,20,21). The highest BCUT2D eigenvalue weighted by Crippen LogP contribution is 2.23. The molecule has 0 fully saturated rings. The van der Waals surface area contributed by atoms with E-state index in [1.807, 2.05) is 19.1 Å². The molecule has 2 heterocycles. The molecule has 1 atom stereocenters. The van der Waals surface area contributed by atoms with Crippen LogP contribution in [0.2, 0.25) is 0 Å². The van der Waals surface area contributed by atoms with Crippen LogP contribution in [0.15, 0.2) is 34.9 Å². The molecule has 2 aromatic heterocycles. The van der Waals surface area contributed by atoms with Gasteiger partial charge < -0.3 is 14.5 Å². The first-order valence-corrected chi connectivity index (χ1v) is 8.14. The number of ether oxygens (including phenoxy) is 2. The van der Waals surface area contributed by atoms with Gasteiger partial charge in [-0.25, -0.2) is 14.8 Å². The van der Waals surface area contributed by atoms with Crippen molar-refractivity contribution in [2.75, 3.05) is 7.11 Å². The molecule has 24 heavy (non-hydrogen) atoms. The molecule has 0 saturated carbocycles. The third-order valence-electron chi connectivity index (χ3n) is 3.64. The van der Waals surface area contributed by atoms with Gasteiger partial charge in [-0.2, -0.15) is 0 Å². The van der Waals surface area contributed by atoms with E-state index in [0.29, 0.717) is 22.8 Å². The lowest BCUT2D eigenvalue weighted by Gasteiger charge is -2.12. The average Bonchev–Trinajstić information content (AvgIpc) is 2.98. The number of H-pyrrole nitrogens is 1. The van der Waals surface area contributed by atoms with E-state index < -0.39 is 12.1 Å². The Bertz CT molecular complexity index is 907. The van der Waals surface area contributed by atoms with E-state index in [-0.39, 0.29) is 0 Å². The number of aromatic nitrogens is 3. The Balaban J connectivity index is 1.80. The monoisotopic (exact) mass is 389 g/mol. The smallest absolute Gasteiger partial charge is 0.338 e. The summed E-state index contributed by atoms with van der Waals surface area (Å²) in [5.41, 5.74) is 2.74. The van der Waals surface area contributed by atoms with Crippen molar-refractivity contribution in [1.29, 1.82) is 0 Å². The molecule has 1 unspecified atom stereocenters. The third kappa shape index (κ3) is 3.26. The van der Waals surface area contributed by atoms with Gasteiger partial charge >= 0.3 is 5.97 Å². The second kappa shape index (κ2) is 6.60. The summed E-state index contributed by atoms with van der Waals surface area (Å²) >= 11 is 3.36. The molecule has 1 aromatic carbocycles. The topological polar surface area (TPSA) is 77.1 Å². The van der Waals surface area contributed by atoms with Crippen molar-refractivity contribution in [3.63, 3.8) is 0 Å². The SMILES string of the molecule is COc1cc(C(=O)OC(C)c2nc3ncc(Br)cc3[nH]2)ccc1C. The van der Waals surface area contributed by atoms with Crippen molar-refractivity contribution in [3.05, 3.63) is 51.9 Å². The minimum atomic E-state index is -0.530. The zero-order chi connectivity index (χ0) is 17.3. The summed E-state index contributed by atoms with van der Waals surface area (Å²) in [7, 11) is 1.57. The van der Waals surface area contributed by atoms with Gasteiger partial charge in [0.1, 0.15) is 11.6 Å². The van der Waals surface area contributed by atoms with E-state index in [9.17, 15) is 4.79 Å². The summed E-state index contributed by atoms with van der Waals surface area (Å²) in [6.07, 6.45) is 1.14. The van der Waals surface area contributed by atoms with Gasteiger partial charge in [-0.15, -0.1) is 0 Å². The van der Waals surface area contributed by atoms with Crippen molar-refractivity contribution >= 4 is 33.1 Å². The Morgan fingerprint density at radius 3 is 2.88 bits per heavy atom. The Labute approximate surface area is 147 Å². The minimum Gasteiger partial charge on any atom is -0.496 e. The predicted octanol–water partition coefficient (Wildman–Crippen LogP) is 3.96. The van der Waals surface area contributed by atoms with Crippen LogP contribution in [0.3, 0.4) is 0 Å². The largest absolute Gasteiger partial charge is 0.496 e. The van der Waals surface area contributed by atoms with Crippen LogP contribution in [0.1, 0.15) is 34.8 Å². The molecule has 0 aliphatic carbocycles. The fraction of sp³-hybridized carbons (Fsp3) is 0.235. The molecular formula is C17H16BrN3O3. The number of carbonyl (C=O) groups is 1. The minimum absolute atomic E-state index is 0.432. The van der Waals surface area contributed by atoms with Crippen LogP contribution in [0, 0.1) is 6.92 Å². The molecule has 3 rings (SSSR count). The molecule has 0 bridgehead atoms. The Morgan fingerprint density at radius 1 is 1.33 bits per heavy atom. The first-order valence-electron chi connectivity index (χ1n) is 7.34. The van der Waals surface area contributed by atoms with Gasteiger partial charge in [-0.3, -0.25) is 0 Å². The number of carbonyl (C=O) groups excluding carboxylic acids is 1. The number of nitrogens with one attached hydrogen (secondary N) is 1. The second-order valence-electron chi connectivity index (χ2n) is 5.38. The summed E-state index contributed by atoms with van der Waals surface area (Å²) in [5.74, 6) is 0.758. The lowest BCUT2D eigenvalue weighted by molar-refractivity contribution is 0.0321. The number of rotatable bonds is 4. The maximum absolute atomic E-state index is 12.3. The van der Waals surface area contributed by atoms with Gasteiger partial charge in [0, 0.05) is 10.7 Å². The highest BCUT2D eigenvalue weighted by atomic mass is 79.9. The summed E-state index contributed by atoms with van der Waals surface area (Å²) in [6.45, 7) is 3.67. The molecule has 0 amide bonds. The molecule has 0 spiro atoms. The number of fused-ring (bicyclic) bond motifs is 1. The summed E-state index contributed by atoms with van der Waals surface area (Å²) < 4.78 is 11.6. The normalized spacial score (nSPS) is 12.2. The number of pyridine rings is 1. The van der Waals surface area contributed by atoms with Crippen molar-refractivity contribution < 1.29 is 14.3 Å². The van der Waals surface area contributed by atoms with Gasteiger partial charge in [-0.1, -0.05) is 6.07 Å². The highest BCUT2D eigenvalue weighted by Gasteiger charge is 2.18. The van der Waals surface area contributed by atoms with Crippen LogP contribution in [0.25, 0.3) is 11.2 Å². The van der Waals surface area contributed by atoms with Crippen molar-refractivity contribution in [2.24, 2.45) is 0 Å². The number of aryl methyl sites for hydroxylation is 1. The van der Waals surface area contributed by atoms with Gasteiger partial charge in [0.05, 0.1) is 18.2 Å². The highest BCUT2D eigenvalue weighted by molar-refractivity contribution is 9.10. The Morgan fingerprint density at radius 2 is 2.12 bits per heavy atom. The lowest BCUT2D eigenvalue weighted by atomic mass is 10.1. The van der Waals surface area contributed by atoms with E-state index >= 15 is 0 Å². The predicted molar refractivity (Wildman–Crippen MR) is 93.2 cm³/mol. The number of methoxy groups -OCH3 is 1. The van der Waals surface area contributed by atoms with Gasteiger partial charge in [0.2, 0.25) is 0 Å². The molecule has 6 nitrogen and oxygen atoms in total. The number of aromatic amines is 1. The summed E-state index contributed by atoms with van der Waals surface area (Å²) in [4.78, 5) is 24.0. The number of nitrogens with zero attached hydrogens (tertiary/aromatic N) is 2. The van der Waals surface area contributed by atoms with Crippen molar-refractivity contribution in [1.82, 2.24) is 15.0 Å². The number of hydrogen-bond donors (Lipinski definition) is 1. The fourth-order valence-corrected chi connectivity index (χ4v) is 2.65. The molecule has 0 aliphatic rings. The van der Waals surface area contributed by atoms with Gasteiger partial charge in [0.15, 0.2) is 11.8 Å². The first-order chi connectivity index (χ1) is 11.5. The summed E-state index contributed by atoms with van der Waals surface area (Å²) in [6, 6.07) is 7.08. The maximum Gasteiger partial charge on any atom is 0.338 e. The van der Waals surface area contributed by atoms with Crippen LogP contribution in [-0.4, -0.2) is 28.0 Å². The molecular weight excluding hydrogens is 374 g/mol. The van der Waals surface area contributed by atoms with E-state index in [2.05, 4.69) is 30.9 Å². The number of esters is 1. The van der Waals surface area contributed by atoms with Gasteiger partial charge in [0.25, 0.3) is 0 Å². The van der Waals surface area contributed by atoms with Gasteiger partial charge in [-0.05, 0) is 53.5 Å².